The van der Waals surface area contributed by atoms with Crippen molar-refractivity contribution in [1.82, 2.24) is 0 Å². The second kappa shape index (κ2) is 42.5. The molecule has 0 radical (unpaired) electrons. The van der Waals surface area contributed by atoms with Crippen LogP contribution in [0.25, 0.3) is 0 Å². The van der Waals surface area contributed by atoms with Crippen LogP contribution in [0, 0.1) is 0 Å². The number of hydrogen-bond acceptors (Lipinski definition) is 11. The van der Waals surface area contributed by atoms with E-state index in [0.29, 0.717) is 19.3 Å². The van der Waals surface area contributed by atoms with E-state index in [1.807, 2.05) is 12.2 Å². The minimum Gasteiger partial charge on any atom is -0.462 e. The molecule has 0 saturated heterocycles. The summed E-state index contributed by atoms with van der Waals surface area (Å²) >= 11 is 0. The van der Waals surface area contributed by atoms with E-state index in [-0.39, 0.29) is 19.4 Å². The maximum atomic E-state index is 12.7. The molecule has 1 unspecified atom stereocenters. The zero-order valence-corrected chi connectivity index (χ0v) is 39.2. The Bertz CT molecular complexity index is 1370. The molecule has 358 valence electrons. The number of phosphoric ester groups is 2. The van der Waals surface area contributed by atoms with Gasteiger partial charge in [0.1, 0.15) is 12.7 Å². The Morgan fingerprint density at radius 1 is 0.500 bits per heavy atom. The van der Waals surface area contributed by atoms with Gasteiger partial charge in [0.05, 0.1) is 19.8 Å². The van der Waals surface area contributed by atoms with Gasteiger partial charge in [0.2, 0.25) is 0 Å². The number of phosphoric acid groups is 2. The van der Waals surface area contributed by atoms with Crippen LogP contribution < -0.4 is 0 Å². The zero-order valence-electron chi connectivity index (χ0n) is 37.4. The number of hydrogen-bond donors (Lipinski definition) is 5. The molecule has 14 nitrogen and oxygen atoms in total. The number of esters is 2. The molecule has 62 heavy (non-hydrogen) atoms. The van der Waals surface area contributed by atoms with Crippen LogP contribution in [-0.2, 0) is 41.8 Å². The third kappa shape index (κ3) is 45.5. The lowest BCUT2D eigenvalue weighted by Gasteiger charge is -2.20. The van der Waals surface area contributed by atoms with Crippen LogP contribution in [0.2, 0.25) is 0 Å². The Hall–Kier alpha value is -2.48. The Balaban J connectivity index is 4.60. The predicted octanol–water partition coefficient (Wildman–Crippen LogP) is 10.8. The normalized spacial score (nSPS) is 14.6. The van der Waals surface area contributed by atoms with Gasteiger partial charge in [-0.25, -0.2) is 9.13 Å². The van der Waals surface area contributed by atoms with Gasteiger partial charge in [-0.15, -0.1) is 0 Å². The first-order valence-corrected chi connectivity index (χ1v) is 25.8. The predicted molar refractivity (Wildman–Crippen MR) is 245 cm³/mol. The first kappa shape index (κ1) is 59.5. The molecule has 0 fully saturated rings. The number of rotatable bonds is 43. The molecule has 3 atom stereocenters. The Morgan fingerprint density at radius 3 is 1.44 bits per heavy atom. The quantitative estimate of drug-likeness (QED) is 0.0167. The largest absolute Gasteiger partial charge is 0.472 e. The molecule has 0 aromatic rings. The summed E-state index contributed by atoms with van der Waals surface area (Å²) in [6.07, 6.45) is 44.8. The Morgan fingerprint density at radius 2 is 0.919 bits per heavy atom. The fourth-order valence-corrected chi connectivity index (χ4v) is 6.80. The van der Waals surface area contributed by atoms with Crippen LogP contribution in [0.5, 0.6) is 0 Å². The summed E-state index contributed by atoms with van der Waals surface area (Å²) in [5.74, 6) is -1.12. The molecule has 16 heteroatoms. The average molecular weight is 919 g/mol. The van der Waals surface area contributed by atoms with Crippen molar-refractivity contribution in [2.45, 2.75) is 173 Å². The van der Waals surface area contributed by atoms with Crippen LogP contribution in [0.1, 0.15) is 161 Å². The first-order valence-electron chi connectivity index (χ1n) is 22.7. The smallest absolute Gasteiger partial charge is 0.462 e. The summed E-state index contributed by atoms with van der Waals surface area (Å²) in [5.41, 5.74) is 0. The summed E-state index contributed by atoms with van der Waals surface area (Å²) < 4.78 is 47.7. The Kier molecular flexibility index (Phi) is 40.8. The number of carbonyl (C=O) groups excluding carboxylic acids is 2. The number of ether oxygens (including phenoxy) is 2. The number of unbranched alkanes of at least 4 members (excludes halogenated alkanes) is 14. The van der Waals surface area contributed by atoms with Gasteiger partial charge in [-0.3, -0.25) is 23.2 Å². The van der Waals surface area contributed by atoms with Crippen LogP contribution in [0.15, 0.2) is 72.9 Å². The fraction of sp³-hybridized carbons (Fsp3) is 0.696. The van der Waals surface area contributed by atoms with E-state index in [4.69, 9.17) is 28.9 Å². The molecule has 0 bridgehead atoms. The second-order valence-corrected chi connectivity index (χ2v) is 17.7. The van der Waals surface area contributed by atoms with Crippen molar-refractivity contribution >= 4 is 27.6 Å². The summed E-state index contributed by atoms with van der Waals surface area (Å²) in [4.78, 5) is 52.7. The van der Waals surface area contributed by atoms with Crippen molar-refractivity contribution < 1.29 is 66.7 Å². The molecule has 5 N–H and O–H groups in total. The molecule has 0 heterocycles. The minimum absolute atomic E-state index is 0.102. The first-order chi connectivity index (χ1) is 29.9. The van der Waals surface area contributed by atoms with E-state index in [9.17, 15) is 28.7 Å². The summed E-state index contributed by atoms with van der Waals surface area (Å²) in [6, 6.07) is 0. The van der Waals surface area contributed by atoms with E-state index in [0.717, 1.165) is 103 Å². The van der Waals surface area contributed by atoms with Gasteiger partial charge in [0, 0.05) is 19.4 Å². The lowest BCUT2D eigenvalue weighted by Crippen LogP contribution is -2.30. The highest BCUT2D eigenvalue weighted by Crippen LogP contribution is 2.43. The third-order valence-corrected chi connectivity index (χ3v) is 10.5. The maximum absolute atomic E-state index is 12.7. The summed E-state index contributed by atoms with van der Waals surface area (Å²) in [5, 5.41) is 18.5. The van der Waals surface area contributed by atoms with E-state index < -0.39 is 66.2 Å². The lowest BCUT2D eigenvalue weighted by molar-refractivity contribution is -0.161. The maximum Gasteiger partial charge on any atom is 0.472 e. The number of aliphatic hydroxyl groups is 2. The second-order valence-electron chi connectivity index (χ2n) is 15.0. The van der Waals surface area contributed by atoms with Crippen molar-refractivity contribution in [3.05, 3.63) is 72.9 Å². The molecular formula is C46H80O14P2. The molecular weight excluding hydrogens is 838 g/mol. The molecule has 0 spiro atoms. The van der Waals surface area contributed by atoms with Crippen LogP contribution >= 0.6 is 15.6 Å². The van der Waals surface area contributed by atoms with Gasteiger partial charge in [-0.1, -0.05) is 131 Å². The summed E-state index contributed by atoms with van der Waals surface area (Å²) in [6.45, 7) is -0.335. The van der Waals surface area contributed by atoms with Gasteiger partial charge < -0.3 is 34.4 Å². The highest BCUT2D eigenvalue weighted by molar-refractivity contribution is 7.47. The molecule has 0 aromatic carbocycles. The topological polar surface area (TPSA) is 216 Å². The highest BCUT2D eigenvalue weighted by atomic mass is 31.2. The Labute approximate surface area is 372 Å². The molecule has 0 aliphatic carbocycles. The molecule has 0 saturated carbocycles. The van der Waals surface area contributed by atoms with Crippen molar-refractivity contribution in [3.8, 4) is 0 Å². The molecule has 0 aliphatic heterocycles. The molecule has 0 aromatic heterocycles. The number of aliphatic hydroxyl groups excluding tert-OH is 2. The van der Waals surface area contributed by atoms with Crippen LogP contribution in [0.4, 0.5) is 0 Å². The fourth-order valence-electron chi connectivity index (χ4n) is 5.64. The van der Waals surface area contributed by atoms with Gasteiger partial charge in [-0.2, -0.15) is 0 Å². The monoisotopic (exact) mass is 919 g/mol. The van der Waals surface area contributed by atoms with Crippen molar-refractivity contribution in [1.29, 1.82) is 0 Å². The number of carbonyl (C=O) groups is 2. The van der Waals surface area contributed by atoms with Gasteiger partial charge in [0.25, 0.3) is 0 Å². The van der Waals surface area contributed by atoms with Crippen LogP contribution in [-0.4, -0.2) is 82.1 Å². The van der Waals surface area contributed by atoms with E-state index in [1.54, 1.807) is 0 Å². The standard InChI is InChI=1S/C46H80O14P2/c1-2-3-4-5-6-7-8-9-10-12-16-19-22-25-28-31-34-37-46(50)60-44(42-59-62(54,55)58-40-43(48)39-57-61(51,52)53)41-56-45(49)36-33-30-27-24-21-18-15-13-11-14-17-20-23-26-29-32-35-38-47/h6-7,9-11,14-15,18,20,23-24,27,43-44,47-48H,2-5,8,12-13,16-17,19,21-22,25-26,28-42H2,1H3,(H,54,55)(H2,51,52,53)/b7-6-,10-9-,14-11-,18-15-,23-20-,27-24-/t43-,44+/m0/s1. The van der Waals surface area contributed by atoms with Crippen molar-refractivity contribution in [2.75, 3.05) is 33.0 Å². The van der Waals surface area contributed by atoms with E-state index in [1.165, 1.54) is 19.3 Å². The van der Waals surface area contributed by atoms with Crippen LogP contribution in [0.3, 0.4) is 0 Å². The zero-order chi connectivity index (χ0) is 45.8. The average Bonchev–Trinajstić information content (AvgIpc) is 3.23. The van der Waals surface area contributed by atoms with Gasteiger partial charge >= 0.3 is 27.6 Å². The molecule has 0 aliphatic rings. The highest BCUT2D eigenvalue weighted by Gasteiger charge is 2.28. The van der Waals surface area contributed by atoms with Crippen molar-refractivity contribution in [2.24, 2.45) is 0 Å². The summed E-state index contributed by atoms with van der Waals surface area (Å²) in [7, 11) is -9.71. The lowest BCUT2D eigenvalue weighted by atomic mass is 10.1. The van der Waals surface area contributed by atoms with Crippen molar-refractivity contribution in [3.63, 3.8) is 0 Å². The molecule has 0 amide bonds. The van der Waals surface area contributed by atoms with E-state index >= 15 is 0 Å². The van der Waals surface area contributed by atoms with Gasteiger partial charge in [-0.05, 0) is 89.9 Å². The van der Waals surface area contributed by atoms with Gasteiger partial charge in [0.15, 0.2) is 6.10 Å². The molecule has 0 rings (SSSR count). The minimum atomic E-state index is -4.88. The SMILES string of the molecule is CCCCC/C=C\C/C=C\CCCCCCCCCC(=O)O[C@H](COC(=O)CCC/C=C\C/C=C\C/C=C\C/C=C\CCCCCO)COP(=O)(O)OC[C@@H](O)COP(=O)(O)O. The third-order valence-electron chi connectivity index (χ3n) is 9.11. The number of allylic oxidation sites excluding steroid dienone is 12. The van der Waals surface area contributed by atoms with E-state index in [2.05, 4.69) is 76.7 Å².